The zero-order valence-electron chi connectivity index (χ0n) is 12.2. The van der Waals surface area contributed by atoms with Crippen molar-refractivity contribution in [3.8, 4) is 5.88 Å². The summed E-state index contributed by atoms with van der Waals surface area (Å²) in [6.07, 6.45) is 0.856. The molecule has 2 nitrogen and oxygen atoms in total. The average Bonchev–Trinajstić information content (AvgIpc) is 2.76. The van der Waals surface area contributed by atoms with Crippen LogP contribution in [0.25, 0.3) is 10.9 Å². The third-order valence-electron chi connectivity index (χ3n) is 3.53. The minimum absolute atomic E-state index is 0.716. The Morgan fingerprint density at radius 3 is 2.62 bits per heavy atom. The van der Waals surface area contributed by atoms with Crippen LogP contribution in [0.3, 0.4) is 0 Å². The molecule has 0 aliphatic heterocycles. The Bertz CT molecular complexity index is 810. The fourth-order valence-electron chi connectivity index (χ4n) is 2.54. The summed E-state index contributed by atoms with van der Waals surface area (Å²) in [7, 11) is 1.68. The highest BCUT2D eigenvalue weighted by Gasteiger charge is 2.11. The third kappa shape index (κ3) is 2.97. The van der Waals surface area contributed by atoms with E-state index < -0.39 is 0 Å². The maximum Gasteiger partial charge on any atom is 0.217 e. The molecular weight excluding hydrogens is 346 g/mol. The Kier molecular flexibility index (Phi) is 4.00. The van der Waals surface area contributed by atoms with E-state index in [9.17, 15) is 0 Å². The van der Waals surface area contributed by atoms with Gasteiger partial charge in [0.15, 0.2) is 0 Å². The molecule has 2 heterocycles. The smallest absolute Gasteiger partial charge is 0.217 e. The number of pyridine rings is 1. The lowest BCUT2D eigenvalue weighted by molar-refractivity contribution is 0.395. The van der Waals surface area contributed by atoms with Crippen LogP contribution < -0.4 is 4.74 Å². The largest absolute Gasteiger partial charge is 0.481 e. The number of methoxy groups -OCH3 is 1. The van der Waals surface area contributed by atoms with Crippen molar-refractivity contribution in [3.05, 3.63) is 55.7 Å². The zero-order valence-corrected chi connectivity index (χ0v) is 14.6. The van der Waals surface area contributed by atoms with Crippen LogP contribution in [0.5, 0.6) is 5.88 Å². The van der Waals surface area contributed by atoms with Crippen LogP contribution in [0.15, 0.2) is 34.8 Å². The van der Waals surface area contributed by atoms with E-state index >= 15 is 0 Å². The normalized spacial score (nSPS) is 11.0. The summed E-state index contributed by atoms with van der Waals surface area (Å²) >= 11 is 5.36. The van der Waals surface area contributed by atoms with E-state index in [4.69, 9.17) is 4.74 Å². The summed E-state index contributed by atoms with van der Waals surface area (Å²) < 4.78 is 6.55. The number of ether oxygens (including phenoxy) is 1. The van der Waals surface area contributed by atoms with E-state index in [2.05, 4.69) is 53.0 Å². The molecule has 0 fully saturated rings. The monoisotopic (exact) mass is 361 g/mol. The molecule has 3 rings (SSSR count). The van der Waals surface area contributed by atoms with Gasteiger partial charge in [-0.2, -0.15) is 0 Å². The predicted molar refractivity (Wildman–Crippen MR) is 92.6 cm³/mol. The van der Waals surface area contributed by atoms with Crippen LogP contribution in [0.2, 0.25) is 0 Å². The topological polar surface area (TPSA) is 22.1 Å². The van der Waals surface area contributed by atoms with Gasteiger partial charge in [0, 0.05) is 31.6 Å². The first-order valence-corrected chi connectivity index (χ1v) is 8.37. The van der Waals surface area contributed by atoms with Crippen molar-refractivity contribution in [1.82, 2.24) is 4.98 Å². The van der Waals surface area contributed by atoms with Gasteiger partial charge in [0.1, 0.15) is 0 Å². The SMILES string of the molecule is COc1nc2ccc(Br)cc2cc1Cc1cc(C)sc1C. The molecule has 0 N–H and O–H groups in total. The molecular formula is C17H16BrNOS. The van der Waals surface area contributed by atoms with Gasteiger partial charge in [-0.1, -0.05) is 15.9 Å². The number of hydrogen-bond donors (Lipinski definition) is 0. The highest BCUT2D eigenvalue weighted by molar-refractivity contribution is 9.10. The number of benzene rings is 1. The van der Waals surface area contributed by atoms with Crippen LogP contribution in [0.1, 0.15) is 20.9 Å². The lowest BCUT2D eigenvalue weighted by Crippen LogP contribution is -1.97. The van der Waals surface area contributed by atoms with E-state index in [0.717, 1.165) is 27.4 Å². The molecule has 0 saturated heterocycles. The lowest BCUT2D eigenvalue weighted by atomic mass is 10.0. The molecule has 0 unspecified atom stereocenters. The first-order valence-electron chi connectivity index (χ1n) is 6.76. The van der Waals surface area contributed by atoms with E-state index in [-0.39, 0.29) is 0 Å². The molecule has 3 aromatic rings. The Morgan fingerprint density at radius 1 is 1.14 bits per heavy atom. The van der Waals surface area contributed by atoms with Gasteiger partial charge in [-0.05, 0) is 49.7 Å². The highest BCUT2D eigenvalue weighted by Crippen LogP contribution is 2.29. The molecule has 2 aromatic heterocycles. The summed E-state index contributed by atoms with van der Waals surface area (Å²) in [5, 5.41) is 1.13. The maximum atomic E-state index is 5.48. The second kappa shape index (κ2) is 5.78. The molecule has 0 bridgehead atoms. The van der Waals surface area contributed by atoms with Gasteiger partial charge in [0.05, 0.1) is 12.6 Å². The Morgan fingerprint density at radius 2 is 1.95 bits per heavy atom. The van der Waals surface area contributed by atoms with Crippen molar-refractivity contribution in [2.45, 2.75) is 20.3 Å². The molecule has 0 saturated carbocycles. The van der Waals surface area contributed by atoms with Gasteiger partial charge in [-0.25, -0.2) is 4.98 Å². The number of fused-ring (bicyclic) bond motifs is 1. The number of nitrogens with zero attached hydrogens (tertiary/aromatic N) is 1. The Labute approximate surface area is 136 Å². The van der Waals surface area contributed by atoms with Crippen LogP contribution in [0.4, 0.5) is 0 Å². The first kappa shape index (κ1) is 14.5. The standard InChI is InChI=1S/C17H16BrNOS/c1-10-6-12(11(2)21-10)7-14-8-13-9-15(18)4-5-16(13)19-17(14)20-3/h4-6,8-9H,7H2,1-3H3. The van der Waals surface area contributed by atoms with Crippen molar-refractivity contribution >= 4 is 38.2 Å². The van der Waals surface area contributed by atoms with E-state index in [1.165, 1.54) is 15.3 Å². The lowest BCUT2D eigenvalue weighted by Gasteiger charge is -2.09. The summed E-state index contributed by atoms with van der Waals surface area (Å²) in [5.74, 6) is 0.716. The summed E-state index contributed by atoms with van der Waals surface area (Å²) in [6.45, 7) is 4.32. The van der Waals surface area contributed by atoms with E-state index in [1.54, 1.807) is 7.11 Å². The average molecular weight is 362 g/mol. The molecule has 0 aliphatic carbocycles. The zero-order chi connectivity index (χ0) is 15.0. The van der Waals surface area contributed by atoms with Gasteiger partial charge in [-0.15, -0.1) is 11.3 Å². The summed E-state index contributed by atoms with van der Waals surface area (Å²) in [5.41, 5.74) is 3.44. The fraction of sp³-hybridized carbons (Fsp3) is 0.235. The summed E-state index contributed by atoms with van der Waals surface area (Å²) in [4.78, 5) is 7.34. The van der Waals surface area contributed by atoms with Crippen molar-refractivity contribution in [1.29, 1.82) is 0 Å². The molecule has 0 atom stereocenters. The van der Waals surface area contributed by atoms with Crippen molar-refractivity contribution in [2.75, 3.05) is 7.11 Å². The third-order valence-corrected chi connectivity index (χ3v) is 5.04. The second-order valence-electron chi connectivity index (χ2n) is 5.11. The molecule has 21 heavy (non-hydrogen) atoms. The van der Waals surface area contributed by atoms with Crippen LogP contribution >= 0.6 is 27.3 Å². The van der Waals surface area contributed by atoms with Crippen molar-refractivity contribution < 1.29 is 4.74 Å². The van der Waals surface area contributed by atoms with Gasteiger partial charge >= 0.3 is 0 Å². The van der Waals surface area contributed by atoms with Crippen LogP contribution in [-0.2, 0) is 6.42 Å². The van der Waals surface area contributed by atoms with Gasteiger partial charge < -0.3 is 4.74 Å². The number of rotatable bonds is 3. The summed E-state index contributed by atoms with van der Waals surface area (Å²) in [6, 6.07) is 10.5. The molecule has 108 valence electrons. The maximum absolute atomic E-state index is 5.48. The van der Waals surface area contributed by atoms with Gasteiger partial charge in [0.25, 0.3) is 0 Å². The van der Waals surface area contributed by atoms with E-state index in [1.807, 2.05) is 23.5 Å². The molecule has 0 aliphatic rings. The first-order chi connectivity index (χ1) is 10.1. The Balaban J connectivity index is 2.09. The molecule has 0 spiro atoms. The molecule has 0 amide bonds. The van der Waals surface area contributed by atoms with Crippen LogP contribution in [-0.4, -0.2) is 12.1 Å². The van der Waals surface area contributed by atoms with E-state index in [0.29, 0.717) is 5.88 Å². The number of thiophene rings is 1. The minimum atomic E-state index is 0.716. The van der Waals surface area contributed by atoms with Crippen molar-refractivity contribution in [3.63, 3.8) is 0 Å². The van der Waals surface area contributed by atoms with Gasteiger partial charge in [0.2, 0.25) is 5.88 Å². The van der Waals surface area contributed by atoms with Gasteiger partial charge in [-0.3, -0.25) is 0 Å². The predicted octanol–water partition coefficient (Wildman–Crippen LogP) is 5.28. The number of halogens is 1. The fourth-order valence-corrected chi connectivity index (χ4v) is 3.87. The number of aromatic nitrogens is 1. The van der Waals surface area contributed by atoms with Crippen molar-refractivity contribution in [2.24, 2.45) is 0 Å². The Hall–Kier alpha value is -1.39. The molecule has 0 radical (unpaired) electrons. The van der Waals surface area contributed by atoms with Crippen LogP contribution in [0, 0.1) is 13.8 Å². The molecule has 4 heteroatoms. The number of aryl methyl sites for hydroxylation is 2. The quantitative estimate of drug-likeness (QED) is 0.633. The minimum Gasteiger partial charge on any atom is -0.481 e. The molecule has 1 aromatic carbocycles. The highest BCUT2D eigenvalue weighted by atomic mass is 79.9. The number of hydrogen-bond acceptors (Lipinski definition) is 3. The second-order valence-corrected chi connectivity index (χ2v) is 7.49.